The monoisotopic (exact) mass is 605 g/mol. The first kappa shape index (κ1) is 29.6. The lowest BCUT2D eigenvalue weighted by atomic mass is 9.65. The zero-order valence-corrected chi connectivity index (χ0v) is 25.7. The van der Waals surface area contributed by atoms with Crippen molar-refractivity contribution in [1.29, 1.82) is 0 Å². The number of hydrogen-bond acceptors (Lipinski definition) is 9. The molecule has 1 aliphatic carbocycles. The van der Waals surface area contributed by atoms with Crippen molar-refractivity contribution in [1.82, 2.24) is 4.98 Å². The van der Waals surface area contributed by atoms with Crippen molar-refractivity contribution in [3.05, 3.63) is 53.9 Å². The number of fused-ring (bicyclic) bond motifs is 6. The Morgan fingerprint density at radius 2 is 1.64 bits per heavy atom. The summed E-state index contributed by atoms with van der Waals surface area (Å²) in [6.07, 6.45) is 1.84. The molecule has 232 valence electrons. The molecule has 6 rings (SSSR count). The number of ether oxygens (including phenoxy) is 7. The van der Waals surface area contributed by atoms with Crippen LogP contribution >= 0.6 is 0 Å². The zero-order chi connectivity index (χ0) is 31.1. The van der Waals surface area contributed by atoms with Gasteiger partial charge in [0.25, 0.3) is 0 Å². The predicted molar refractivity (Wildman–Crippen MR) is 159 cm³/mol. The summed E-state index contributed by atoms with van der Waals surface area (Å²) in [6, 6.07) is 11.2. The van der Waals surface area contributed by atoms with E-state index < -0.39 is 24.1 Å². The number of H-pyrrole nitrogens is 1. The first-order valence-corrected chi connectivity index (χ1v) is 14.5. The highest BCUT2D eigenvalue weighted by atomic mass is 16.6. The quantitative estimate of drug-likeness (QED) is 0.236. The molecule has 11 heteroatoms. The summed E-state index contributed by atoms with van der Waals surface area (Å²) in [7, 11) is 9.02. The van der Waals surface area contributed by atoms with Gasteiger partial charge in [0.05, 0.1) is 52.5 Å². The molecule has 0 spiro atoms. The molecule has 1 aliphatic heterocycles. The van der Waals surface area contributed by atoms with Crippen LogP contribution in [0.3, 0.4) is 0 Å². The fourth-order valence-electron chi connectivity index (χ4n) is 7.13. The maximum atomic E-state index is 13.5. The van der Waals surface area contributed by atoms with Crippen molar-refractivity contribution in [2.24, 2.45) is 17.8 Å². The van der Waals surface area contributed by atoms with Gasteiger partial charge in [-0.05, 0) is 36.6 Å². The average Bonchev–Trinajstić information content (AvgIpc) is 3.43. The van der Waals surface area contributed by atoms with Gasteiger partial charge in [0, 0.05) is 42.4 Å². The summed E-state index contributed by atoms with van der Waals surface area (Å²) in [5, 5.41) is 2.21. The lowest BCUT2D eigenvalue weighted by Crippen LogP contribution is -2.59. The highest BCUT2D eigenvalue weighted by Gasteiger charge is 2.54. The van der Waals surface area contributed by atoms with Gasteiger partial charge in [0.1, 0.15) is 23.5 Å². The number of carbonyl (C=O) groups excluding carboxylic acids is 2. The number of rotatable bonds is 8. The molecule has 0 bridgehead atoms. The molecule has 4 aromatic rings. The molecule has 3 heterocycles. The van der Waals surface area contributed by atoms with E-state index in [1.807, 2.05) is 12.1 Å². The standard InChI is InChI=1S/C33H36N2O9/c1-38-19-7-8-20-21-9-10-35-16-18-13-27(44-32(36)17-11-25(39-2)30(41-4)26(12-17)40-3)31(42-5)28(33(37)43-6)22(18)15-24(35)29(21)34-23(20)14-19/h7-12,14,18,22,27-28,31H,13,15-16H2,1-6H3/p+1/t18-,22+,27-,28+,31+/m1/s1. The molecule has 1 N–H and O–H groups in total. The van der Waals surface area contributed by atoms with Crippen LogP contribution in [0.15, 0.2) is 42.6 Å². The van der Waals surface area contributed by atoms with Crippen molar-refractivity contribution >= 4 is 33.7 Å². The smallest absolute Gasteiger partial charge is 0.338 e. The van der Waals surface area contributed by atoms with Crippen molar-refractivity contribution in [2.45, 2.75) is 31.6 Å². The zero-order valence-electron chi connectivity index (χ0n) is 25.7. The molecular weight excluding hydrogens is 568 g/mol. The topological polar surface area (TPSA) is 118 Å². The Morgan fingerprint density at radius 3 is 2.27 bits per heavy atom. The van der Waals surface area contributed by atoms with Gasteiger partial charge < -0.3 is 38.1 Å². The number of nitrogens with zero attached hydrogens (tertiary/aromatic N) is 1. The highest BCUT2D eigenvalue weighted by molar-refractivity contribution is 6.07. The van der Waals surface area contributed by atoms with E-state index in [9.17, 15) is 9.59 Å². The molecular formula is C33H37N2O9+. The first-order valence-electron chi connectivity index (χ1n) is 14.5. The number of nitrogens with one attached hydrogen (secondary N) is 1. The minimum Gasteiger partial charge on any atom is -0.497 e. The summed E-state index contributed by atoms with van der Waals surface area (Å²) < 4.78 is 41.2. The van der Waals surface area contributed by atoms with E-state index in [-0.39, 0.29) is 23.4 Å². The molecule has 1 saturated carbocycles. The van der Waals surface area contributed by atoms with Crippen molar-refractivity contribution < 1.29 is 47.3 Å². The third-order valence-electron chi connectivity index (χ3n) is 9.19. The van der Waals surface area contributed by atoms with Gasteiger partial charge in [0.2, 0.25) is 11.4 Å². The number of pyridine rings is 1. The summed E-state index contributed by atoms with van der Waals surface area (Å²) >= 11 is 0. The fraction of sp³-hybridized carbons (Fsp3) is 0.424. The van der Waals surface area contributed by atoms with E-state index >= 15 is 0 Å². The molecule has 2 aromatic heterocycles. The SMILES string of the molecule is COC(=O)[C@H]1[C@H]2Cc3c4[nH]c5cc(OC)ccc5c4cc[n+]3C[C@H]2C[C@@H](OC(=O)c2cc(OC)c(OC)c(OC)c2)[C@@H]1OC. The van der Waals surface area contributed by atoms with E-state index in [0.29, 0.717) is 36.6 Å². The van der Waals surface area contributed by atoms with Gasteiger partial charge in [-0.25, -0.2) is 9.36 Å². The molecule has 2 aromatic carbocycles. The fourth-order valence-corrected chi connectivity index (χ4v) is 7.13. The van der Waals surface area contributed by atoms with Crippen LogP contribution in [0.5, 0.6) is 23.0 Å². The second kappa shape index (κ2) is 11.9. The molecule has 44 heavy (non-hydrogen) atoms. The van der Waals surface area contributed by atoms with E-state index in [2.05, 4.69) is 27.9 Å². The molecule has 11 nitrogen and oxygen atoms in total. The molecule has 1 fully saturated rings. The Morgan fingerprint density at radius 1 is 0.886 bits per heavy atom. The normalized spacial score (nSPS) is 22.5. The van der Waals surface area contributed by atoms with E-state index in [4.69, 9.17) is 33.2 Å². The molecule has 2 aliphatic rings. The number of benzene rings is 2. The third-order valence-corrected chi connectivity index (χ3v) is 9.19. The number of esters is 2. The van der Waals surface area contributed by atoms with Crippen LogP contribution in [0.2, 0.25) is 0 Å². The van der Waals surface area contributed by atoms with E-state index in [0.717, 1.165) is 33.2 Å². The van der Waals surface area contributed by atoms with Crippen LogP contribution in [-0.4, -0.2) is 71.8 Å². The minimum absolute atomic E-state index is 0.0302. The van der Waals surface area contributed by atoms with Crippen LogP contribution in [-0.2, 0) is 32.0 Å². The summed E-state index contributed by atoms with van der Waals surface area (Å²) in [5.74, 6) is 0.139. The van der Waals surface area contributed by atoms with Crippen LogP contribution in [0, 0.1) is 17.8 Å². The first-order chi connectivity index (χ1) is 21.3. The average molecular weight is 606 g/mol. The Balaban J connectivity index is 1.35. The maximum absolute atomic E-state index is 13.5. The number of carbonyl (C=O) groups is 2. The van der Waals surface area contributed by atoms with Gasteiger partial charge in [-0.15, -0.1) is 0 Å². The van der Waals surface area contributed by atoms with Gasteiger partial charge >= 0.3 is 11.9 Å². The Kier molecular flexibility index (Phi) is 7.98. The number of aromatic amines is 1. The minimum atomic E-state index is -0.701. The number of hydrogen-bond donors (Lipinski definition) is 1. The van der Waals surface area contributed by atoms with Crippen molar-refractivity contribution in [2.75, 3.05) is 42.7 Å². The van der Waals surface area contributed by atoms with Gasteiger partial charge in [0.15, 0.2) is 24.2 Å². The van der Waals surface area contributed by atoms with Crippen molar-refractivity contribution in [3.8, 4) is 23.0 Å². The summed E-state index contributed by atoms with van der Waals surface area (Å²) in [6.45, 7) is 0.650. The molecule has 0 unspecified atom stereocenters. The molecule has 0 amide bonds. The lowest BCUT2D eigenvalue weighted by Gasteiger charge is -2.45. The predicted octanol–water partition coefficient (Wildman–Crippen LogP) is 3.87. The van der Waals surface area contributed by atoms with E-state index in [1.165, 1.54) is 35.5 Å². The highest BCUT2D eigenvalue weighted by Crippen LogP contribution is 2.44. The number of methoxy groups -OCH3 is 6. The van der Waals surface area contributed by atoms with Crippen LogP contribution < -0.4 is 23.5 Å². The third kappa shape index (κ3) is 4.85. The Bertz CT molecular complexity index is 1710. The van der Waals surface area contributed by atoms with Crippen LogP contribution in [0.25, 0.3) is 21.8 Å². The summed E-state index contributed by atoms with van der Waals surface area (Å²) in [5.41, 5.74) is 3.35. The second-order valence-corrected chi connectivity index (χ2v) is 11.2. The molecule has 0 radical (unpaired) electrons. The Hall–Kier alpha value is -4.51. The van der Waals surface area contributed by atoms with Gasteiger partial charge in [-0.1, -0.05) is 0 Å². The van der Waals surface area contributed by atoms with Crippen molar-refractivity contribution in [3.63, 3.8) is 0 Å². The van der Waals surface area contributed by atoms with E-state index in [1.54, 1.807) is 19.2 Å². The second-order valence-electron chi connectivity index (χ2n) is 11.2. The molecule has 0 saturated heterocycles. The number of aromatic nitrogens is 2. The largest absolute Gasteiger partial charge is 0.497 e. The Labute approximate surface area is 254 Å². The van der Waals surface area contributed by atoms with Crippen LogP contribution in [0.1, 0.15) is 22.5 Å². The lowest BCUT2D eigenvalue weighted by molar-refractivity contribution is -0.718. The molecule has 5 atom stereocenters. The van der Waals surface area contributed by atoms with Crippen LogP contribution in [0.4, 0.5) is 0 Å². The summed E-state index contributed by atoms with van der Waals surface area (Å²) in [4.78, 5) is 30.5. The maximum Gasteiger partial charge on any atom is 0.338 e. The van der Waals surface area contributed by atoms with Gasteiger partial charge in [-0.3, -0.25) is 4.79 Å². The van der Waals surface area contributed by atoms with Gasteiger partial charge in [-0.2, -0.15) is 0 Å².